The van der Waals surface area contributed by atoms with Crippen molar-refractivity contribution in [1.29, 1.82) is 0 Å². The van der Waals surface area contributed by atoms with Gasteiger partial charge in [-0.3, -0.25) is 9.36 Å². The second-order valence-corrected chi connectivity index (χ2v) is 8.38. The maximum absolute atomic E-state index is 13.0. The summed E-state index contributed by atoms with van der Waals surface area (Å²) in [6.45, 7) is 0.225. The Morgan fingerprint density at radius 2 is 2.11 bits per heavy atom. The van der Waals surface area contributed by atoms with Gasteiger partial charge in [0.15, 0.2) is 0 Å². The summed E-state index contributed by atoms with van der Waals surface area (Å²) >= 11 is 0. The standard InChI is InChI=1S/C17H18N4O5S/c22-16(10-20-7-3-6-18-17(20)23)19-12-8-13-11-26-14-4-1-2-5-15(14)27(24,25)21(13)9-12/h1-7,12-13H,8-11H2,(H,19,22)/t12-,13-/m0/s1. The van der Waals surface area contributed by atoms with Gasteiger partial charge in [-0.1, -0.05) is 12.1 Å². The molecular weight excluding hydrogens is 372 g/mol. The van der Waals surface area contributed by atoms with Gasteiger partial charge in [-0.2, -0.15) is 4.31 Å². The fraction of sp³-hybridized carbons (Fsp3) is 0.353. The molecular formula is C17H18N4O5S. The smallest absolute Gasteiger partial charge is 0.347 e. The van der Waals surface area contributed by atoms with Crippen molar-refractivity contribution in [3.05, 3.63) is 53.2 Å². The van der Waals surface area contributed by atoms with Crippen molar-refractivity contribution in [3.63, 3.8) is 0 Å². The molecule has 1 N–H and O–H groups in total. The Kier molecular flexibility index (Phi) is 4.44. The minimum Gasteiger partial charge on any atom is -0.490 e. The third kappa shape index (κ3) is 3.33. The van der Waals surface area contributed by atoms with Crippen LogP contribution < -0.4 is 15.7 Å². The quantitative estimate of drug-likeness (QED) is 0.762. The van der Waals surface area contributed by atoms with E-state index in [1.807, 2.05) is 0 Å². The molecule has 0 unspecified atom stereocenters. The molecule has 1 aromatic carbocycles. The molecule has 2 aliphatic rings. The van der Waals surface area contributed by atoms with Gasteiger partial charge in [-0.05, 0) is 24.6 Å². The first-order valence-corrected chi connectivity index (χ1v) is 9.93. The average Bonchev–Trinajstić information content (AvgIpc) is 3.01. The van der Waals surface area contributed by atoms with Crippen LogP contribution in [-0.4, -0.2) is 53.4 Å². The number of sulfonamides is 1. The number of hydrogen-bond donors (Lipinski definition) is 1. The van der Waals surface area contributed by atoms with E-state index in [1.54, 1.807) is 24.3 Å². The van der Waals surface area contributed by atoms with Gasteiger partial charge < -0.3 is 10.1 Å². The third-order valence-electron chi connectivity index (χ3n) is 4.69. The lowest BCUT2D eigenvalue weighted by atomic mass is 10.2. The van der Waals surface area contributed by atoms with E-state index in [2.05, 4.69) is 10.3 Å². The number of carbonyl (C=O) groups is 1. The molecule has 0 bridgehead atoms. The lowest BCUT2D eigenvalue weighted by Gasteiger charge is -2.19. The monoisotopic (exact) mass is 390 g/mol. The molecule has 1 amide bonds. The van der Waals surface area contributed by atoms with Crippen LogP contribution in [0.25, 0.3) is 0 Å². The first-order valence-electron chi connectivity index (χ1n) is 8.49. The van der Waals surface area contributed by atoms with E-state index in [9.17, 15) is 18.0 Å². The number of fused-ring (bicyclic) bond motifs is 2. The summed E-state index contributed by atoms with van der Waals surface area (Å²) in [5, 5.41) is 2.80. The van der Waals surface area contributed by atoms with Gasteiger partial charge in [0, 0.05) is 25.0 Å². The third-order valence-corrected chi connectivity index (χ3v) is 6.65. The Balaban J connectivity index is 1.48. The normalized spacial score (nSPS) is 23.6. The van der Waals surface area contributed by atoms with Gasteiger partial charge in [0.1, 0.15) is 23.8 Å². The number of nitrogens with zero attached hydrogens (tertiary/aromatic N) is 3. The van der Waals surface area contributed by atoms with Gasteiger partial charge in [0.05, 0.1) is 6.04 Å². The molecule has 1 saturated heterocycles. The lowest BCUT2D eigenvalue weighted by Crippen LogP contribution is -2.41. The van der Waals surface area contributed by atoms with E-state index in [1.165, 1.54) is 27.3 Å². The molecule has 142 valence electrons. The van der Waals surface area contributed by atoms with E-state index in [4.69, 9.17) is 4.74 Å². The fourth-order valence-corrected chi connectivity index (χ4v) is 5.27. The highest BCUT2D eigenvalue weighted by Gasteiger charge is 2.44. The van der Waals surface area contributed by atoms with Crippen LogP contribution in [0.5, 0.6) is 5.75 Å². The number of nitrogens with one attached hydrogen (secondary N) is 1. The van der Waals surface area contributed by atoms with E-state index in [0.29, 0.717) is 12.2 Å². The highest BCUT2D eigenvalue weighted by molar-refractivity contribution is 7.89. The predicted octanol–water partition coefficient (Wildman–Crippen LogP) is -0.416. The number of carbonyl (C=O) groups excluding carboxylic acids is 1. The molecule has 9 nitrogen and oxygen atoms in total. The Hall–Kier alpha value is -2.72. The second-order valence-electron chi connectivity index (χ2n) is 6.52. The number of benzene rings is 1. The number of amides is 1. The highest BCUT2D eigenvalue weighted by Crippen LogP contribution is 2.35. The molecule has 1 fully saturated rings. The molecule has 0 saturated carbocycles. The number of rotatable bonds is 3. The summed E-state index contributed by atoms with van der Waals surface area (Å²) in [5.41, 5.74) is -0.513. The average molecular weight is 390 g/mol. The summed E-state index contributed by atoms with van der Waals surface area (Å²) in [6, 6.07) is 7.41. The van der Waals surface area contributed by atoms with Crippen molar-refractivity contribution in [2.45, 2.75) is 29.9 Å². The predicted molar refractivity (Wildman–Crippen MR) is 94.7 cm³/mol. The maximum Gasteiger partial charge on any atom is 0.347 e. The van der Waals surface area contributed by atoms with Crippen molar-refractivity contribution in [1.82, 2.24) is 19.2 Å². The van der Waals surface area contributed by atoms with Crippen LogP contribution >= 0.6 is 0 Å². The minimum absolute atomic E-state index is 0.140. The van der Waals surface area contributed by atoms with Crippen LogP contribution in [0, 0.1) is 0 Å². The van der Waals surface area contributed by atoms with E-state index < -0.39 is 15.7 Å². The van der Waals surface area contributed by atoms with Crippen LogP contribution in [0.2, 0.25) is 0 Å². The van der Waals surface area contributed by atoms with Gasteiger partial charge in [0.25, 0.3) is 0 Å². The number of aromatic nitrogens is 2. The first-order chi connectivity index (χ1) is 12.9. The van der Waals surface area contributed by atoms with E-state index in [-0.39, 0.29) is 42.6 Å². The van der Waals surface area contributed by atoms with Crippen molar-refractivity contribution >= 4 is 15.9 Å². The Morgan fingerprint density at radius 3 is 2.93 bits per heavy atom. The number of hydrogen-bond acceptors (Lipinski definition) is 6. The van der Waals surface area contributed by atoms with Gasteiger partial charge in [-0.15, -0.1) is 0 Å². The molecule has 2 aromatic rings. The molecule has 1 aromatic heterocycles. The SMILES string of the molecule is O=C(Cn1cccnc1=O)N[C@H]1C[C@H]2COc3ccccc3S(=O)(=O)N2C1. The minimum atomic E-state index is -3.70. The van der Waals surface area contributed by atoms with Crippen LogP contribution in [0.3, 0.4) is 0 Å². The Bertz CT molecular complexity index is 1040. The molecule has 0 radical (unpaired) electrons. The van der Waals surface area contributed by atoms with Crippen LogP contribution in [-0.2, 0) is 21.4 Å². The topological polar surface area (TPSA) is 111 Å². The van der Waals surface area contributed by atoms with Crippen LogP contribution in [0.1, 0.15) is 6.42 Å². The fourth-order valence-electron chi connectivity index (χ4n) is 3.47. The Labute approximate surface area is 155 Å². The van der Waals surface area contributed by atoms with Crippen molar-refractivity contribution in [2.24, 2.45) is 0 Å². The summed E-state index contributed by atoms with van der Waals surface area (Å²) in [5.74, 6) is -0.0186. The van der Waals surface area contributed by atoms with Crippen LogP contribution in [0.4, 0.5) is 0 Å². The second kappa shape index (κ2) is 6.78. The molecule has 4 rings (SSSR count). The van der Waals surface area contributed by atoms with E-state index in [0.717, 1.165) is 0 Å². The molecule has 2 atom stereocenters. The first kappa shape index (κ1) is 17.7. The zero-order valence-corrected chi connectivity index (χ0v) is 15.1. The van der Waals surface area contributed by atoms with Crippen molar-refractivity contribution < 1.29 is 17.9 Å². The lowest BCUT2D eigenvalue weighted by molar-refractivity contribution is -0.122. The Morgan fingerprint density at radius 1 is 1.30 bits per heavy atom. The van der Waals surface area contributed by atoms with Crippen LogP contribution in [0.15, 0.2) is 52.4 Å². The molecule has 27 heavy (non-hydrogen) atoms. The largest absolute Gasteiger partial charge is 0.490 e. The summed E-state index contributed by atoms with van der Waals surface area (Å²) in [7, 11) is -3.70. The molecule has 3 heterocycles. The van der Waals surface area contributed by atoms with Gasteiger partial charge >= 0.3 is 5.69 Å². The number of ether oxygens (including phenoxy) is 1. The van der Waals surface area contributed by atoms with E-state index >= 15 is 0 Å². The molecule has 2 aliphatic heterocycles. The summed E-state index contributed by atoms with van der Waals surface area (Å²) in [4.78, 5) is 27.6. The van der Waals surface area contributed by atoms with Gasteiger partial charge in [0.2, 0.25) is 15.9 Å². The number of para-hydroxylation sites is 1. The highest BCUT2D eigenvalue weighted by atomic mass is 32.2. The summed E-state index contributed by atoms with van der Waals surface area (Å²) in [6.07, 6.45) is 3.28. The molecule has 0 aliphatic carbocycles. The van der Waals surface area contributed by atoms with Crippen molar-refractivity contribution in [2.75, 3.05) is 13.2 Å². The molecule has 0 spiro atoms. The maximum atomic E-state index is 13.0. The zero-order chi connectivity index (χ0) is 19.0. The van der Waals surface area contributed by atoms with Crippen molar-refractivity contribution in [3.8, 4) is 5.75 Å². The van der Waals surface area contributed by atoms with Gasteiger partial charge in [-0.25, -0.2) is 18.2 Å². The molecule has 10 heteroatoms. The zero-order valence-electron chi connectivity index (χ0n) is 14.3. The summed E-state index contributed by atoms with van der Waals surface area (Å²) < 4.78 is 34.2.